The van der Waals surface area contributed by atoms with Gasteiger partial charge in [0.1, 0.15) is 5.75 Å². The van der Waals surface area contributed by atoms with Gasteiger partial charge in [0.25, 0.3) is 0 Å². The van der Waals surface area contributed by atoms with Crippen LogP contribution < -0.4 is 9.64 Å². The van der Waals surface area contributed by atoms with Gasteiger partial charge in [0.15, 0.2) is 5.78 Å². The zero-order valence-electron chi connectivity index (χ0n) is 19.9. The fourth-order valence-corrected chi connectivity index (χ4v) is 6.13. The Hall–Kier alpha value is -2.53. The summed E-state index contributed by atoms with van der Waals surface area (Å²) in [5.41, 5.74) is 4.20. The molecule has 0 bridgehead atoms. The van der Waals surface area contributed by atoms with Crippen LogP contribution in [0.25, 0.3) is 0 Å². The molecule has 0 unspecified atom stereocenters. The number of nitrogens with zero attached hydrogens (tertiary/aromatic N) is 1. The minimum atomic E-state index is -0.221. The monoisotopic (exact) mass is 481 g/mol. The molecule has 1 aliphatic heterocycles. The van der Waals surface area contributed by atoms with Crippen molar-refractivity contribution in [1.82, 2.24) is 0 Å². The van der Waals surface area contributed by atoms with Crippen LogP contribution in [0.3, 0.4) is 0 Å². The van der Waals surface area contributed by atoms with Crippen molar-refractivity contribution in [1.29, 1.82) is 0 Å². The zero-order valence-corrected chi connectivity index (χ0v) is 20.7. The Morgan fingerprint density at radius 3 is 2.71 bits per heavy atom. The van der Waals surface area contributed by atoms with E-state index >= 15 is 0 Å². The number of ether oxygens (including phenoxy) is 2. The maximum atomic E-state index is 12.2. The van der Waals surface area contributed by atoms with Gasteiger partial charge in [-0.2, -0.15) is 0 Å². The SMILES string of the molecule is CC(=O)OC[C@@H]1CC[C@H]1CN1C[C@@]2(CCCc3cc(Cl)ccc32)COc2ccc(C(C)=O)cc21. The minimum Gasteiger partial charge on any atom is -0.490 e. The molecule has 5 rings (SSSR count). The predicted molar refractivity (Wildman–Crippen MR) is 133 cm³/mol. The number of esters is 1. The van der Waals surface area contributed by atoms with Crippen molar-refractivity contribution in [2.75, 3.05) is 31.2 Å². The van der Waals surface area contributed by atoms with Gasteiger partial charge in [-0.1, -0.05) is 17.7 Å². The molecule has 5 nitrogen and oxygen atoms in total. The van der Waals surface area contributed by atoms with E-state index in [1.165, 1.54) is 18.1 Å². The van der Waals surface area contributed by atoms with E-state index in [1.807, 2.05) is 24.3 Å². The Morgan fingerprint density at radius 2 is 1.97 bits per heavy atom. The van der Waals surface area contributed by atoms with Gasteiger partial charge in [0.05, 0.1) is 18.9 Å². The molecule has 2 aliphatic carbocycles. The molecule has 180 valence electrons. The standard InChI is InChI=1S/C28H32ClNO4/c1-18(31)20-7-10-27-26(13-20)30(14-22-5-6-23(22)15-33-19(2)32)16-28(17-34-27)11-3-4-21-12-24(29)8-9-25(21)28/h7-10,12-13,22-23H,3-6,11,14-17H2,1-2H3/t22-,23-,28-/m0/s1. The number of hydrogen-bond donors (Lipinski definition) is 0. The molecule has 0 saturated heterocycles. The van der Waals surface area contributed by atoms with Crippen LogP contribution in [0.15, 0.2) is 36.4 Å². The van der Waals surface area contributed by atoms with Crippen molar-refractivity contribution < 1.29 is 19.1 Å². The number of carbonyl (C=O) groups is 2. The highest BCUT2D eigenvalue weighted by Crippen LogP contribution is 2.46. The molecule has 2 aromatic rings. The normalized spacial score (nSPS) is 25.4. The highest BCUT2D eigenvalue weighted by molar-refractivity contribution is 6.30. The summed E-state index contributed by atoms with van der Waals surface area (Å²) in [5.74, 6) is 1.48. The van der Waals surface area contributed by atoms with Crippen LogP contribution in [0.1, 0.15) is 61.0 Å². The van der Waals surface area contributed by atoms with E-state index in [0.29, 0.717) is 30.6 Å². The number of benzene rings is 2. The van der Waals surface area contributed by atoms with Gasteiger partial charge < -0.3 is 14.4 Å². The Bertz CT molecular complexity index is 1120. The molecular formula is C28H32ClNO4. The fourth-order valence-electron chi connectivity index (χ4n) is 5.94. The molecule has 6 heteroatoms. The van der Waals surface area contributed by atoms with Gasteiger partial charge >= 0.3 is 5.97 Å². The predicted octanol–water partition coefficient (Wildman–Crippen LogP) is 5.61. The minimum absolute atomic E-state index is 0.0516. The number of anilines is 1. The first-order chi connectivity index (χ1) is 16.3. The van der Waals surface area contributed by atoms with E-state index < -0.39 is 0 Å². The lowest BCUT2D eigenvalue weighted by molar-refractivity contribution is -0.144. The summed E-state index contributed by atoms with van der Waals surface area (Å²) in [6, 6.07) is 12.1. The van der Waals surface area contributed by atoms with Gasteiger partial charge in [-0.15, -0.1) is 0 Å². The number of aryl methyl sites for hydroxylation is 1. The summed E-state index contributed by atoms with van der Waals surface area (Å²) in [6.45, 7) is 5.84. The van der Waals surface area contributed by atoms with Gasteiger partial charge in [-0.3, -0.25) is 9.59 Å². The lowest BCUT2D eigenvalue weighted by Gasteiger charge is -2.44. The summed E-state index contributed by atoms with van der Waals surface area (Å²) in [5, 5.41) is 0.777. The van der Waals surface area contributed by atoms with E-state index in [-0.39, 0.29) is 17.2 Å². The van der Waals surface area contributed by atoms with E-state index in [0.717, 1.165) is 61.7 Å². The summed E-state index contributed by atoms with van der Waals surface area (Å²) in [7, 11) is 0. The van der Waals surface area contributed by atoms with Crippen LogP contribution in [0.4, 0.5) is 5.69 Å². The number of hydrogen-bond acceptors (Lipinski definition) is 5. The Labute approximate surface area is 206 Å². The smallest absolute Gasteiger partial charge is 0.302 e. The van der Waals surface area contributed by atoms with Crippen molar-refractivity contribution in [3.63, 3.8) is 0 Å². The summed E-state index contributed by atoms with van der Waals surface area (Å²) in [4.78, 5) is 26.0. The molecule has 0 amide bonds. The molecule has 0 aromatic heterocycles. The van der Waals surface area contributed by atoms with Crippen LogP contribution in [0.2, 0.25) is 5.02 Å². The third kappa shape index (κ3) is 4.43. The third-order valence-corrected chi connectivity index (χ3v) is 8.21. The highest BCUT2D eigenvalue weighted by atomic mass is 35.5. The molecule has 1 spiro atoms. The summed E-state index contributed by atoms with van der Waals surface area (Å²) >= 11 is 6.34. The van der Waals surface area contributed by atoms with Crippen LogP contribution in [-0.2, 0) is 21.4 Å². The number of rotatable bonds is 5. The number of halogens is 1. The lowest BCUT2D eigenvalue weighted by atomic mass is 9.69. The van der Waals surface area contributed by atoms with Crippen molar-refractivity contribution in [2.24, 2.45) is 11.8 Å². The molecule has 2 aromatic carbocycles. The molecular weight excluding hydrogens is 450 g/mol. The zero-order chi connectivity index (χ0) is 23.9. The van der Waals surface area contributed by atoms with E-state index in [2.05, 4.69) is 17.0 Å². The second-order valence-corrected chi connectivity index (χ2v) is 10.7. The molecule has 34 heavy (non-hydrogen) atoms. The first-order valence-electron chi connectivity index (χ1n) is 12.3. The van der Waals surface area contributed by atoms with Gasteiger partial charge in [-0.05, 0) is 92.3 Å². The Morgan fingerprint density at radius 1 is 1.15 bits per heavy atom. The van der Waals surface area contributed by atoms with E-state index in [9.17, 15) is 9.59 Å². The van der Waals surface area contributed by atoms with Crippen molar-refractivity contribution in [2.45, 2.75) is 51.4 Å². The van der Waals surface area contributed by atoms with Crippen molar-refractivity contribution >= 4 is 29.0 Å². The summed E-state index contributed by atoms with van der Waals surface area (Å²) < 4.78 is 11.8. The van der Waals surface area contributed by atoms with Gasteiger partial charge in [0.2, 0.25) is 0 Å². The average molecular weight is 482 g/mol. The van der Waals surface area contributed by atoms with E-state index in [1.54, 1.807) is 6.92 Å². The first kappa shape index (κ1) is 23.2. The second-order valence-electron chi connectivity index (χ2n) is 10.2. The molecule has 1 heterocycles. The second kappa shape index (κ2) is 9.26. The highest BCUT2D eigenvalue weighted by Gasteiger charge is 2.43. The van der Waals surface area contributed by atoms with Crippen LogP contribution in [0, 0.1) is 11.8 Å². The molecule has 0 N–H and O–H groups in total. The van der Waals surface area contributed by atoms with Crippen molar-refractivity contribution in [3.05, 3.63) is 58.1 Å². The van der Waals surface area contributed by atoms with E-state index in [4.69, 9.17) is 21.1 Å². The first-order valence-corrected chi connectivity index (χ1v) is 12.7. The quantitative estimate of drug-likeness (QED) is 0.410. The fraction of sp³-hybridized carbons (Fsp3) is 0.500. The molecule has 3 aliphatic rings. The number of Topliss-reactive ketones (excluding diaryl/α,β-unsaturated/α-hetero) is 1. The van der Waals surface area contributed by atoms with Crippen molar-refractivity contribution in [3.8, 4) is 5.75 Å². The Kier molecular flexibility index (Phi) is 6.32. The molecule has 1 saturated carbocycles. The van der Waals surface area contributed by atoms with Gasteiger partial charge in [0, 0.05) is 36.0 Å². The van der Waals surface area contributed by atoms with Crippen LogP contribution >= 0.6 is 11.6 Å². The largest absolute Gasteiger partial charge is 0.490 e. The topological polar surface area (TPSA) is 55.8 Å². The van der Waals surface area contributed by atoms with Crippen LogP contribution in [0.5, 0.6) is 5.75 Å². The Balaban J connectivity index is 1.50. The maximum Gasteiger partial charge on any atom is 0.302 e. The molecule has 1 fully saturated rings. The number of ketones is 1. The lowest BCUT2D eigenvalue weighted by Crippen LogP contribution is -2.48. The van der Waals surface area contributed by atoms with Gasteiger partial charge in [-0.25, -0.2) is 0 Å². The maximum absolute atomic E-state index is 12.2. The summed E-state index contributed by atoms with van der Waals surface area (Å²) in [6.07, 6.45) is 5.37. The number of carbonyl (C=O) groups excluding carboxylic acids is 2. The van der Waals surface area contributed by atoms with Crippen LogP contribution in [-0.4, -0.2) is 38.1 Å². The number of fused-ring (bicyclic) bond motifs is 3. The molecule has 3 atom stereocenters. The molecule has 0 radical (unpaired) electrons. The third-order valence-electron chi connectivity index (χ3n) is 7.97. The average Bonchev–Trinajstić information content (AvgIpc) is 2.93.